The maximum atomic E-state index is 6.04. The van der Waals surface area contributed by atoms with Gasteiger partial charge in [-0.3, -0.25) is 4.90 Å². The molecule has 3 nitrogen and oxygen atoms in total. The summed E-state index contributed by atoms with van der Waals surface area (Å²) in [5.74, 6) is 0. The second-order valence-corrected chi connectivity index (χ2v) is 4.27. The molecule has 1 fully saturated rings. The summed E-state index contributed by atoms with van der Waals surface area (Å²) >= 11 is 0. The van der Waals surface area contributed by atoms with Crippen LogP contribution in [0.3, 0.4) is 0 Å². The Morgan fingerprint density at radius 3 is 2.71 bits per heavy atom. The summed E-state index contributed by atoms with van der Waals surface area (Å²) < 4.78 is 5.11. The van der Waals surface area contributed by atoms with E-state index in [0.717, 1.165) is 32.2 Å². The van der Waals surface area contributed by atoms with Crippen LogP contribution in [0.4, 0.5) is 0 Å². The number of hydrogen-bond donors (Lipinski definition) is 1. The van der Waals surface area contributed by atoms with Crippen molar-refractivity contribution >= 4 is 0 Å². The maximum Gasteiger partial charge on any atom is 0.0589 e. The van der Waals surface area contributed by atoms with Gasteiger partial charge in [-0.05, 0) is 19.3 Å². The highest BCUT2D eigenvalue weighted by molar-refractivity contribution is 4.86. The highest BCUT2D eigenvalue weighted by atomic mass is 16.5. The van der Waals surface area contributed by atoms with Gasteiger partial charge in [-0.1, -0.05) is 13.3 Å². The standard InChI is InChI=1S/C11H24N2O/c1-3-4-10(12)9-13(7-8-14-2)11-5-6-11/h10-11H,3-9,12H2,1-2H3. The predicted octanol–water partition coefficient (Wildman–Crippen LogP) is 1.22. The van der Waals surface area contributed by atoms with Crippen LogP contribution in [0.25, 0.3) is 0 Å². The van der Waals surface area contributed by atoms with Gasteiger partial charge in [-0.25, -0.2) is 0 Å². The molecule has 1 aliphatic carbocycles. The molecule has 2 N–H and O–H groups in total. The van der Waals surface area contributed by atoms with E-state index in [-0.39, 0.29) is 0 Å². The van der Waals surface area contributed by atoms with Crippen LogP contribution >= 0.6 is 0 Å². The quantitative estimate of drug-likeness (QED) is 0.640. The zero-order valence-electron chi connectivity index (χ0n) is 9.54. The lowest BCUT2D eigenvalue weighted by Gasteiger charge is -2.24. The predicted molar refractivity (Wildman–Crippen MR) is 59.4 cm³/mol. The second-order valence-electron chi connectivity index (χ2n) is 4.27. The van der Waals surface area contributed by atoms with Crippen molar-refractivity contribution in [1.29, 1.82) is 0 Å². The summed E-state index contributed by atoms with van der Waals surface area (Å²) in [6.07, 6.45) is 5.02. The van der Waals surface area contributed by atoms with Gasteiger partial charge in [-0.2, -0.15) is 0 Å². The maximum absolute atomic E-state index is 6.04. The van der Waals surface area contributed by atoms with E-state index in [0.29, 0.717) is 6.04 Å². The van der Waals surface area contributed by atoms with Crippen molar-refractivity contribution in [3.8, 4) is 0 Å². The van der Waals surface area contributed by atoms with Crippen LogP contribution in [0.1, 0.15) is 32.6 Å². The van der Waals surface area contributed by atoms with Gasteiger partial charge in [0.25, 0.3) is 0 Å². The van der Waals surface area contributed by atoms with Crippen molar-refractivity contribution in [3.05, 3.63) is 0 Å². The summed E-state index contributed by atoms with van der Waals surface area (Å²) in [6, 6.07) is 1.14. The molecule has 0 heterocycles. The highest BCUT2D eigenvalue weighted by Crippen LogP contribution is 2.26. The minimum atomic E-state index is 0.345. The molecular formula is C11H24N2O. The van der Waals surface area contributed by atoms with Crippen molar-refractivity contribution in [2.24, 2.45) is 5.73 Å². The summed E-state index contributed by atoms with van der Waals surface area (Å²) in [5, 5.41) is 0. The van der Waals surface area contributed by atoms with Crippen molar-refractivity contribution in [3.63, 3.8) is 0 Å². The Hall–Kier alpha value is -0.120. The molecule has 1 saturated carbocycles. The Kier molecular flexibility index (Phi) is 5.45. The molecule has 0 spiro atoms. The molecule has 1 atom stereocenters. The SMILES string of the molecule is CCCC(N)CN(CCOC)C1CC1. The molecule has 0 saturated heterocycles. The fraction of sp³-hybridized carbons (Fsp3) is 1.00. The number of nitrogens with zero attached hydrogens (tertiary/aromatic N) is 1. The second kappa shape index (κ2) is 6.38. The lowest BCUT2D eigenvalue weighted by molar-refractivity contribution is 0.138. The zero-order chi connectivity index (χ0) is 10.4. The molecule has 1 rings (SSSR count). The van der Waals surface area contributed by atoms with E-state index >= 15 is 0 Å². The third-order valence-corrected chi connectivity index (χ3v) is 2.77. The molecule has 0 aromatic carbocycles. The van der Waals surface area contributed by atoms with Gasteiger partial charge in [0.15, 0.2) is 0 Å². The third kappa shape index (κ3) is 4.40. The molecule has 0 aromatic heterocycles. The molecule has 1 unspecified atom stereocenters. The largest absolute Gasteiger partial charge is 0.383 e. The van der Waals surface area contributed by atoms with Gasteiger partial charge in [0.05, 0.1) is 6.61 Å². The van der Waals surface area contributed by atoms with E-state index in [1.165, 1.54) is 19.3 Å². The first-order chi connectivity index (χ1) is 6.77. The molecule has 0 aromatic rings. The summed E-state index contributed by atoms with van der Waals surface area (Å²) in [4.78, 5) is 2.49. The van der Waals surface area contributed by atoms with Crippen LogP contribution in [0, 0.1) is 0 Å². The normalized spacial score (nSPS) is 18.9. The Morgan fingerprint density at radius 2 is 2.21 bits per heavy atom. The molecule has 1 aliphatic rings. The number of ether oxygens (including phenoxy) is 1. The number of methoxy groups -OCH3 is 1. The van der Waals surface area contributed by atoms with Crippen molar-refractivity contribution < 1.29 is 4.74 Å². The molecule has 0 radical (unpaired) electrons. The molecule has 0 aliphatic heterocycles. The first kappa shape index (κ1) is 12.0. The monoisotopic (exact) mass is 200 g/mol. The fourth-order valence-electron chi connectivity index (χ4n) is 1.83. The van der Waals surface area contributed by atoms with Crippen LogP contribution < -0.4 is 5.73 Å². The van der Waals surface area contributed by atoms with E-state index < -0.39 is 0 Å². The van der Waals surface area contributed by atoms with Gasteiger partial charge in [0.2, 0.25) is 0 Å². The Labute approximate surface area is 87.6 Å². The molecule has 0 bridgehead atoms. The van der Waals surface area contributed by atoms with Crippen molar-refractivity contribution in [1.82, 2.24) is 4.90 Å². The molecule has 14 heavy (non-hydrogen) atoms. The highest BCUT2D eigenvalue weighted by Gasteiger charge is 2.29. The van der Waals surface area contributed by atoms with Crippen molar-refractivity contribution in [2.45, 2.75) is 44.7 Å². The zero-order valence-corrected chi connectivity index (χ0v) is 9.54. The first-order valence-corrected chi connectivity index (χ1v) is 5.76. The summed E-state index contributed by atoms with van der Waals surface area (Å²) in [5.41, 5.74) is 6.04. The van der Waals surface area contributed by atoms with Crippen LogP contribution in [0.2, 0.25) is 0 Å². The molecule has 0 amide bonds. The molecule has 3 heteroatoms. The summed E-state index contributed by atoms with van der Waals surface area (Å²) in [7, 11) is 1.76. The smallest absolute Gasteiger partial charge is 0.0589 e. The van der Waals surface area contributed by atoms with Gasteiger partial charge in [0.1, 0.15) is 0 Å². The number of nitrogens with two attached hydrogens (primary N) is 1. The Morgan fingerprint density at radius 1 is 1.50 bits per heavy atom. The van der Waals surface area contributed by atoms with Crippen LogP contribution in [-0.2, 0) is 4.74 Å². The fourth-order valence-corrected chi connectivity index (χ4v) is 1.83. The lowest BCUT2D eigenvalue weighted by Crippen LogP contribution is -2.40. The average Bonchev–Trinajstić information content (AvgIpc) is 2.95. The molecule has 84 valence electrons. The summed E-state index contributed by atoms with van der Waals surface area (Å²) in [6.45, 7) is 5.10. The Balaban J connectivity index is 2.20. The van der Waals surface area contributed by atoms with Crippen LogP contribution in [0.15, 0.2) is 0 Å². The van der Waals surface area contributed by atoms with Gasteiger partial charge in [-0.15, -0.1) is 0 Å². The van der Waals surface area contributed by atoms with E-state index in [1.54, 1.807) is 7.11 Å². The van der Waals surface area contributed by atoms with Gasteiger partial charge < -0.3 is 10.5 Å². The topological polar surface area (TPSA) is 38.5 Å². The first-order valence-electron chi connectivity index (χ1n) is 5.76. The minimum Gasteiger partial charge on any atom is -0.383 e. The molecular weight excluding hydrogens is 176 g/mol. The van der Waals surface area contributed by atoms with E-state index in [2.05, 4.69) is 11.8 Å². The van der Waals surface area contributed by atoms with Crippen LogP contribution in [-0.4, -0.2) is 43.8 Å². The van der Waals surface area contributed by atoms with E-state index in [4.69, 9.17) is 10.5 Å². The third-order valence-electron chi connectivity index (χ3n) is 2.77. The van der Waals surface area contributed by atoms with Gasteiger partial charge >= 0.3 is 0 Å². The van der Waals surface area contributed by atoms with Crippen LogP contribution in [0.5, 0.6) is 0 Å². The lowest BCUT2D eigenvalue weighted by atomic mass is 10.1. The average molecular weight is 200 g/mol. The number of hydrogen-bond acceptors (Lipinski definition) is 3. The Bertz CT molecular complexity index is 148. The van der Waals surface area contributed by atoms with Crippen molar-refractivity contribution in [2.75, 3.05) is 26.8 Å². The van der Waals surface area contributed by atoms with Gasteiger partial charge in [0, 0.05) is 32.3 Å². The number of rotatable bonds is 8. The van der Waals surface area contributed by atoms with E-state index in [1.807, 2.05) is 0 Å². The minimum absolute atomic E-state index is 0.345. The van der Waals surface area contributed by atoms with E-state index in [9.17, 15) is 0 Å².